The van der Waals surface area contributed by atoms with Gasteiger partial charge >= 0.3 is 0 Å². The van der Waals surface area contributed by atoms with Crippen molar-refractivity contribution in [1.29, 1.82) is 0 Å². The number of hydrogen-bond acceptors (Lipinski definition) is 6. The zero-order valence-corrected chi connectivity index (χ0v) is 16.1. The van der Waals surface area contributed by atoms with E-state index in [0.29, 0.717) is 36.9 Å². The average molecular weight is 390 g/mol. The fraction of sp³-hybridized carbons (Fsp3) is 0.421. The summed E-state index contributed by atoms with van der Waals surface area (Å²) in [6.07, 6.45) is 1.39. The second kappa shape index (κ2) is 9.01. The number of aromatic nitrogens is 2. The summed E-state index contributed by atoms with van der Waals surface area (Å²) in [6.45, 7) is 5.11. The average Bonchev–Trinajstić information content (AvgIpc) is 2.72. The molecule has 1 amide bonds. The van der Waals surface area contributed by atoms with E-state index in [0.717, 1.165) is 24.5 Å². The van der Waals surface area contributed by atoms with E-state index in [1.54, 1.807) is 24.3 Å². The van der Waals surface area contributed by atoms with Crippen molar-refractivity contribution in [1.82, 2.24) is 14.9 Å². The van der Waals surface area contributed by atoms with Crippen molar-refractivity contribution < 1.29 is 9.90 Å². The molecule has 0 bridgehead atoms. The minimum Gasteiger partial charge on any atom is -0.387 e. The molecule has 27 heavy (non-hydrogen) atoms. The number of halogens is 1. The number of benzene rings is 1. The number of amides is 1. The Balaban J connectivity index is 1.56. The van der Waals surface area contributed by atoms with E-state index < -0.39 is 6.10 Å². The lowest BCUT2D eigenvalue weighted by Crippen LogP contribution is -2.48. The van der Waals surface area contributed by atoms with Gasteiger partial charge in [-0.3, -0.25) is 4.79 Å². The minimum atomic E-state index is -0.663. The molecule has 1 aromatic carbocycles. The number of anilines is 2. The van der Waals surface area contributed by atoms with Gasteiger partial charge in [-0.1, -0.05) is 30.7 Å². The normalized spacial score (nSPS) is 15.5. The Labute approximate surface area is 164 Å². The van der Waals surface area contributed by atoms with Gasteiger partial charge in [-0.2, -0.15) is 0 Å². The van der Waals surface area contributed by atoms with Crippen molar-refractivity contribution in [2.24, 2.45) is 0 Å². The van der Waals surface area contributed by atoms with Crippen LogP contribution >= 0.6 is 11.6 Å². The Morgan fingerprint density at radius 2 is 1.93 bits per heavy atom. The molecule has 1 aliphatic rings. The fourth-order valence-corrected chi connectivity index (χ4v) is 3.16. The lowest BCUT2D eigenvalue weighted by atomic mass is 10.1. The van der Waals surface area contributed by atoms with E-state index >= 15 is 0 Å². The van der Waals surface area contributed by atoms with Crippen LogP contribution < -0.4 is 10.2 Å². The number of piperazine rings is 1. The van der Waals surface area contributed by atoms with Gasteiger partial charge in [-0.05, 0) is 17.7 Å². The molecular formula is C19H24ClN5O2. The third kappa shape index (κ3) is 5.08. The number of nitrogens with one attached hydrogen (secondary N) is 1. The van der Waals surface area contributed by atoms with Gasteiger partial charge in [-0.15, -0.1) is 0 Å². The maximum atomic E-state index is 11.8. The molecule has 8 heteroatoms. The number of aliphatic hydroxyl groups excluding tert-OH is 1. The molecule has 144 valence electrons. The SMILES string of the molecule is CCC(=O)N1CCN(c2cc(NCC(O)c3ccc(Cl)cc3)ncn2)CC1. The molecule has 0 spiro atoms. The highest BCUT2D eigenvalue weighted by Gasteiger charge is 2.21. The molecule has 2 N–H and O–H groups in total. The topological polar surface area (TPSA) is 81.6 Å². The number of carbonyl (C=O) groups is 1. The van der Waals surface area contributed by atoms with Crippen molar-refractivity contribution in [2.75, 3.05) is 42.9 Å². The summed E-state index contributed by atoms with van der Waals surface area (Å²) in [5.41, 5.74) is 0.790. The maximum Gasteiger partial charge on any atom is 0.222 e. The van der Waals surface area contributed by atoms with E-state index in [2.05, 4.69) is 20.2 Å². The molecule has 0 radical (unpaired) electrons. The predicted octanol–water partition coefficient (Wildman–Crippen LogP) is 2.33. The number of aliphatic hydroxyl groups is 1. The van der Waals surface area contributed by atoms with Gasteiger partial charge < -0.3 is 20.2 Å². The van der Waals surface area contributed by atoms with Crippen molar-refractivity contribution in [3.8, 4) is 0 Å². The Kier molecular flexibility index (Phi) is 6.47. The Morgan fingerprint density at radius 1 is 1.22 bits per heavy atom. The van der Waals surface area contributed by atoms with Crippen LogP contribution in [-0.2, 0) is 4.79 Å². The molecule has 1 aromatic heterocycles. The van der Waals surface area contributed by atoms with Crippen LogP contribution in [0.2, 0.25) is 5.02 Å². The molecule has 1 fully saturated rings. The highest BCUT2D eigenvalue weighted by Crippen LogP contribution is 2.19. The van der Waals surface area contributed by atoms with Crippen LogP contribution in [0.25, 0.3) is 0 Å². The Morgan fingerprint density at radius 3 is 2.59 bits per heavy atom. The van der Waals surface area contributed by atoms with Gasteiger partial charge in [0, 0.05) is 50.2 Å². The largest absolute Gasteiger partial charge is 0.387 e. The number of carbonyl (C=O) groups excluding carboxylic acids is 1. The molecule has 2 aromatic rings. The lowest BCUT2D eigenvalue weighted by Gasteiger charge is -2.35. The van der Waals surface area contributed by atoms with Gasteiger partial charge in [0.1, 0.15) is 18.0 Å². The summed E-state index contributed by atoms with van der Waals surface area (Å²) in [7, 11) is 0. The summed E-state index contributed by atoms with van der Waals surface area (Å²) < 4.78 is 0. The molecule has 1 saturated heterocycles. The summed E-state index contributed by atoms with van der Waals surface area (Å²) in [4.78, 5) is 24.4. The fourth-order valence-electron chi connectivity index (χ4n) is 3.03. The summed E-state index contributed by atoms with van der Waals surface area (Å²) in [5, 5.41) is 14.1. The zero-order valence-electron chi connectivity index (χ0n) is 15.3. The molecule has 0 aliphatic carbocycles. The number of rotatable bonds is 6. The van der Waals surface area contributed by atoms with Crippen LogP contribution in [-0.4, -0.2) is 58.6 Å². The summed E-state index contributed by atoms with van der Waals surface area (Å²) in [6, 6.07) is 8.98. The number of nitrogens with zero attached hydrogens (tertiary/aromatic N) is 4. The van der Waals surface area contributed by atoms with Crippen molar-refractivity contribution in [2.45, 2.75) is 19.4 Å². The Bertz CT molecular complexity index is 763. The van der Waals surface area contributed by atoms with Crippen LogP contribution in [0.5, 0.6) is 0 Å². The summed E-state index contributed by atoms with van der Waals surface area (Å²) >= 11 is 5.87. The third-order valence-corrected chi connectivity index (χ3v) is 4.89. The van der Waals surface area contributed by atoms with E-state index in [1.165, 1.54) is 6.33 Å². The van der Waals surface area contributed by atoms with Gasteiger partial charge in [0.05, 0.1) is 6.10 Å². The molecule has 3 rings (SSSR count). The highest BCUT2D eigenvalue weighted by molar-refractivity contribution is 6.30. The van der Waals surface area contributed by atoms with E-state index in [4.69, 9.17) is 11.6 Å². The van der Waals surface area contributed by atoms with Crippen LogP contribution in [0.15, 0.2) is 36.7 Å². The monoisotopic (exact) mass is 389 g/mol. The smallest absolute Gasteiger partial charge is 0.222 e. The molecule has 7 nitrogen and oxygen atoms in total. The van der Waals surface area contributed by atoms with Gasteiger partial charge in [-0.25, -0.2) is 9.97 Å². The maximum absolute atomic E-state index is 11.8. The molecule has 1 aliphatic heterocycles. The standard InChI is InChI=1S/C19H24ClN5O2/c1-2-19(27)25-9-7-24(8-10-25)18-11-17(22-13-23-18)21-12-16(26)14-3-5-15(20)6-4-14/h3-6,11,13,16,26H,2,7-10,12H2,1H3,(H,21,22,23). The molecule has 1 unspecified atom stereocenters. The van der Waals surface area contributed by atoms with Crippen LogP contribution in [0.4, 0.5) is 11.6 Å². The minimum absolute atomic E-state index is 0.191. The van der Waals surface area contributed by atoms with Crippen LogP contribution in [0, 0.1) is 0 Å². The Hall–Kier alpha value is -2.38. The predicted molar refractivity (Wildman–Crippen MR) is 106 cm³/mol. The first kappa shape index (κ1) is 19.4. The molecular weight excluding hydrogens is 366 g/mol. The molecule has 0 saturated carbocycles. The van der Waals surface area contributed by atoms with Crippen molar-refractivity contribution in [3.05, 3.63) is 47.2 Å². The highest BCUT2D eigenvalue weighted by atomic mass is 35.5. The lowest BCUT2D eigenvalue weighted by molar-refractivity contribution is -0.131. The van der Waals surface area contributed by atoms with Crippen LogP contribution in [0.3, 0.4) is 0 Å². The summed E-state index contributed by atoms with van der Waals surface area (Å²) in [5.74, 6) is 1.66. The van der Waals surface area contributed by atoms with Crippen molar-refractivity contribution >= 4 is 29.1 Å². The molecule has 1 atom stereocenters. The zero-order chi connectivity index (χ0) is 19.2. The quantitative estimate of drug-likeness (QED) is 0.789. The van der Waals surface area contributed by atoms with Gasteiger partial charge in [0.2, 0.25) is 5.91 Å². The van der Waals surface area contributed by atoms with Crippen molar-refractivity contribution in [3.63, 3.8) is 0 Å². The second-order valence-electron chi connectivity index (χ2n) is 6.43. The second-order valence-corrected chi connectivity index (χ2v) is 6.87. The number of hydrogen-bond donors (Lipinski definition) is 2. The first-order valence-electron chi connectivity index (χ1n) is 9.09. The van der Waals surface area contributed by atoms with E-state index in [1.807, 2.05) is 17.9 Å². The first-order valence-corrected chi connectivity index (χ1v) is 9.46. The third-order valence-electron chi connectivity index (χ3n) is 4.64. The first-order chi connectivity index (χ1) is 13.1. The van der Waals surface area contributed by atoms with Gasteiger partial charge in [0.25, 0.3) is 0 Å². The van der Waals surface area contributed by atoms with E-state index in [-0.39, 0.29) is 5.91 Å². The van der Waals surface area contributed by atoms with E-state index in [9.17, 15) is 9.90 Å². The molecule has 2 heterocycles. The van der Waals surface area contributed by atoms with Crippen LogP contribution in [0.1, 0.15) is 25.0 Å². The van der Waals surface area contributed by atoms with Gasteiger partial charge in [0.15, 0.2) is 0 Å².